The molecule has 2 aromatic heterocycles. The third-order valence-electron chi connectivity index (χ3n) is 4.87. The molecule has 0 unspecified atom stereocenters. The van der Waals surface area contributed by atoms with Crippen LogP contribution in [0.15, 0.2) is 29.8 Å². The van der Waals surface area contributed by atoms with Crippen molar-refractivity contribution in [2.45, 2.75) is 58.8 Å². The van der Waals surface area contributed by atoms with Crippen molar-refractivity contribution in [3.05, 3.63) is 41.0 Å². The minimum Gasteiger partial charge on any atom is -0.493 e. The van der Waals surface area contributed by atoms with Gasteiger partial charge in [0.1, 0.15) is 5.75 Å². The minimum absolute atomic E-state index is 0.0642. The number of carboxylic acid groups (broad SMARTS) is 1. The number of aromatic nitrogens is 2. The number of aryl methyl sites for hydroxylation is 1. The summed E-state index contributed by atoms with van der Waals surface area (Å²) >= 11 is 1.44. The summed E-state index contributed by atoms with van der Waals surface area (Å²) < 4.78 is 7.69. The van der Waals surface area contributed by atoms with Crippen molar-refractivity contribution < 1.29 is 14.6 Å². The van der Waals surface area contributed by atoms with Crippen molar-refractivity contribution in [1.29, 1.82) is 0 Å². The van der Waals surface area contributed by atoms with Gasteiger partial charge in [0, 0.05) is 17.1 Å². The van der Waals surface area contributed by atoms with E-state index in [0.29, 0.717) is 11.6 Å². The van der Waals surface area contributed by atoms with Crippen molar-refractivity contribution in [3.63, 3.8) is 0 Å². The Morgan fingerprint density at radius 2 is 1.96 bits per heavy atom. The quantitative estimate of drug-likeness (QED) is 0.397. The first kappa shape index (κ1) is 20.4. The van der Waals surface area contributed by atoms with Gasteiger partial charge in [-0.3, -0.25) is 4.40 Å². The zero-order chi connectivity index (χ0) is 19.9. The minimum atomic E-state index is -1.01. The number of unbranched alkanes of at least 4 members (excludes halogenated alkanes) is 5. The zero-order valence-electron chi connectivity index (χ0n) is 16.6. The number of benzene rings is 1. The van der Waals surface area contributed by atoms with Crippen LogP contribution in [0.3, 0.4) is 0 Å². The Morgan fingerprint density at radius 1 is 1.18 bits per heavy atom. The fourth-order valence-electron chi connectivity index (χ4n) is 3.40. The average Bonchev–Trinajstić information content (AvgIpc) is 3.27. The maximum absolute atomic E-state index is 11.3. The highest BCUT2D eigenvalue weighted by atomic mass is 32.1. The Balaban J connectivity index is 1.83. The van der Waals surface area contributed by atoms with E-state index in [4.69, 9.17) is 4.74 Å². The Hall–Kier alpha value is -2.34. The number of carboxylic acids is 1. The predicted octanol–water partition coefficient (Wildman–Crippen LogP) is 6.06. The van der Waals surface area contributed by atoms with Gasteiger partial charge in [-0.25, -0.2) is 9.78 Å². The number of rotatable bonds is 11. The monoisotopic (exact) mass is 400 g/mol. The third kappa shape index (κ3) is 4.73. The van der Waals surface area contributed by atoms with Gasteiger partial charge < -0.3 is 9.84 Å². The first-order valence-corrected chi connectivity index (χ1v) is 11.0. The van der Waals surface area contributed by atoms with Crippen molar-refractivity contribution in [2.75, 3.05) is 6.61 Å². The first-order chi connectivity index (χ1) is 13.6. The molecule has 6 heteroatoms. The molecular weight excluding hydrogens is 372 g/mol. The molecule has 0 aliphatic rings. The molecule has 0 aliphatic heterocycles. The molecule has 28 heavy (non-hydrogen) atoms. The van der Waals surface area contributed by atoms with Crippen LogP contribution in [0.1, 0.15) is 68.4 Å². The number of hydrogen-bond acceptors (Lipinski definition) is 4. The Morgan fingerprint density at radius 3 is 2.71 bits per heavy atom. The SMILES string of the molecule is CCCCCCCCc1ccc(OCC)c(-c2csc3nc(C(=O)O)cn23)c1. The van der Waals surface area contributed by atoms with Crippen molar-refractivity contribution in [2.24, 2.45) is 0 Å². The Bertz CT molecular complexity index is 929. The van der Waals surface area contributed by atoms with Gasteiger partial charge >= 0.3 is 5.97 Å². The summed E-state index contributed by atoms with van der Waals surface area (Å²) in [4.78, 5) is 16.1. The molecule has 0 fully saturated rings. The zero-order valence-corrected chi connectivity index (χ0v) is 17.4. The van der Waals surface area contributed by atoms with Crippen molar-refractivity contribution >= 4 is 22.3 Å². The van der Waals surface area contributed by atoms with Gasteiger partial charge in [0.2, 0.25) is 0 Å². The Labute approximate surface area is 170 Å². The lowest BCUT2D eigenvalue weighted by Gasteiger charge is -2.12. The van der Waals surface area contributed by atoms with Crippen LogP contribution < -0.4 is 4.74 Å². The number of fused-ring (bicyclic) bond motifs is 1. The van der Waals surface area contributed by atoms with Crippen LogP contribution in [0.2, 0.25) is 0 Å². The van der Waals surface area contributed by atoms with Crippen LogP contribution in [0.4, 0.5) is 0 Å². The van der Waals surface area contributed by atoms with Crippen LogP contribution in [-0.2, 0) is 6.42 Å². The molecule has 0 saturated carbocycles. The van der Waals surface area contributed by atoms with Gasteiger partial charge in [0.15, 0.2) is 10.7 Å². The number of thiazole rings is 1. The lowest BCUT2D eigenvalue weighted by Crippen LogP contribution is -1.98. The highest BCUT2D eigenvalue weighted by molar-refractivity contribution is 7.15. The molecular formula is C22H28N2O3S. The van der Waals surface area contributed by atoms with Gasteiger partial charge in [-0.05, 0) is 37.5 Å². The number of carbonyl (C=O) groups is 1. The number of imidazole rings is 1. The lowest BCUT2D eigenvalue weighted by molar-refractivity contribution is 0.0691. The van der Waals surface area contributed by atoms with Crippen LogP contribution in [0, 0.1) is 0 Å². The number of aromatic carboxylic acids is 1. The average molecular weight is 401 g/mol. The standard InChI is InChI=1S/C22H28N2O3S/c1-3-5-6-7-8-9-10-16-11-12-20(27-4-2)17(13-16)19-15-28-22-23-18(21(25)26)14-24(19)22/h11-15H,3-10H2,1-2H3,(H,25,26). The molecule has 3 rings (SSSR count). The highest BCUT2D eigenvalue weighted by Gasteiger charge is 2.17. The number of nitrogens with zero attached hydrogens (tertiary/aromatic N) is 2. The summed E-state index contributed by atoms with van der Waals surface area (Å²) in [6.07, 6.45) is 10.3. The normalized spacial score (nSPS) is 11.2. The van der Waals surface area contributed by atoms with E-state index >= 15 is 0 Å². The van der Waals surface area contributed by atoms with Crippen LogP contribution >= 0.6 is 11.3 Å². The number of ether oxygens (including phenoxy) is 1. The fourth-order valence-corrected chi connectivity index (χ4v) is 4.28. The Kier molecular flexibility index (Phi) is 7.09. The van der Waals surface area contributed by atoms with E-state index in [1.165, 1.54) is 55.4 Å². The summed E-state index contributed by atoms with van der Waals surface area (Å²) in [6, 6.07) is 6.35. The van der Waals surface area contributed by atoms with E-state index < -0.39 is 5.97 Å². The molecule has 0 radical (unpaired) electrons. The molecule has 0 atom stereocenters. The van der Waals surface area contributed by atoms with Gasteiger partial charge in [-0.1, -0.05) is 45.1 Å². The molecule has 0 saturated heterocycles. The summed E-state index contributed by atoms with van der Waals surface area (Å²) in [5.74, 6) is -0.192. The molecule has 150 valence electrons. The van der Waals surface area contributed by atoms with Crippen LogP contribution in [0.5, 0.6) is 5.75 Å². The molecule has 5 nitrogen and oxygen atoms in total. The summed E-state index contributed by atoms with van der Waals surface area (Å²) in [5, 5.41) is 11.2. The summed E-state index contributed by atoms with van der Waals surface area (Å²) in [5.41, 5.74) is 3.26. The van der Waals surface area contributed by atoms with Gasteiger partial charge in [-0.15, -0.1) is 11.3 Å². The molecule has 3 aromatic rings. The van der Waals surface area contributed by atoms with E-state index in [1.807, 2.05) is 22.8 Å². The summed E-state index contributed by atoms with van der Waals surface area (Å²) in [7, 11) is 0. The van der Waals surface area contributed by atoms with E-state index in [1.54, 1.807) is 6.20 Å². The van der Waals surface area contributed by atoms with E-state index in [2.05, 4.69) is 24.0 Å². The van der Waals surface area contributed by atoms with Crippen molar-refractivity contribution in [1.82, 2.24) is 9.38 Å². The van der Waals surface area contributed by atoms with Gasteiger partial charge in [-0.2, -0.15) is 0 Å². The van der Waals surface area contributed by atoms with E-state index in [0.717, 1.165) is 23.4 Å². The lowest BCUT2D eigenvalue weighted by atomic mass is 10.0. The van der Waals surface area contributed by atoms with Gasteiger partial charge in [0.05, 0.1) is 12.3 Å². The van der Waals surface area contributed by atoms with E-state index in [-0.39, 0.29) is 5.69 Å². The second-order valence-electron chi connectivity index (χ2n) is 6.99. The van der Waals surface area contributed by atoms with Crippen molar-refractivity contribution in [3.8, 4) is 17.0 Å². The van der Waals surface area contributed by atoms with Crippen LogP contribution in [0.25, 0.3) is 16.2 Å². The molecule has 0 amide bonds. The maximum Gasteiger partial charge on any atom is 0.356 e. The third-order valence-corrected chi connectivity index (χ3v) is 5.71. The summed E-state index contributed by atoms with van der Waals surface area (Å²) in [6.45, 7) is 4.79. The topological polar surface area (TPSA) is 63.8 Å². The van der Waals surface area contributed by atoms with Gasteiger partial charge in [0.25, 0.3) is 0 Å². The largest absolute Gasteiger partial charge is 0.493 e. The maximum atomic E-state index is 11.3. The molecule has 1 N–H and O–H groups in total. The smallest absolute Gasteiger partial charge is 0.356 e. The molecule has 1 aromatic carbocycles. The van der Waals surface area contributed by atoms with Crippen LogP contribution in [-0.4, -0.2) is 27.1 Å². The predicted molar refractivity (Wildman–Crippen MR) is 114 cm³/mol. The molecule has 0 spiro atoms. The molecule has 0 bridgehead atoms. The molecule has 0 aliphatic carbocycles. The number of hydrogen-bond donors (Lipinski definition) is 1. The molecule has 2 heterocycles. The van der Waals surface area contributed by atoms with E-state index in [9.17, 15) is 9.90 Å². The second kappa shape index (κ2) is 9.73. The first-order valence-electron chi connectivity index (χ1n) is 10.1. The fraction of sp³-hybridized carbons (Fsp3) is 0.455. The highest BCUT2D eigenvalue weighted by Crippen LogP contribution is 2.34. The second-order valence-corrected chi connectivity index (χ2v) is 7.82.